The van der Waals surface area contributed by atoms with E-state index in [9.17, 15) is 9.59 Å². The first-order chi connectivity index (χ1) is 10.9. The van der Waals surface area contributed by atoms with E-state index >= 15 is 0 Å². The van der Waals surface area contributed by atoms with Crippen molar-refractivity contribution in [1.29, 1.82) is 0 Å². The second-order valence-electron chi connectivity index (χ2n) is 6.87. The number of nitrogens with one attached hydrogen (secondary N) is 1. The SMILES string of the molecule is Cc1cc(NC(=O)[C@@H]2[C@H]3C[C@H]4[C@H](OC(=O)[C@@H]42)[C@@H]3Br)cc(C)c1Br. The molecule has 1 aromatic carbocycles. The Morgan fingerprint density at radius 2 is 1.91 bits per heavy atom. The number of ether oxygens (including phenoxy) is 1. The third kappa shape index (κ3) is 2.21. The van der Waals surface area contributed by atoms with Gasteiger partial charge in [0, 0.05) is 16.1 Å². The molecule has 4 nitrogen and oxygen atoms in total. The van der Waals surface area contributed by atoms with E-state index in [0.717, 1.165) is 27.7 Å². The highest BCUT2D eigenvalue weighted by Crippen LogP contribution is 2.60. The summed E-state index contributed by atoms with van der Waals surface area (Å²) in [4.78, 5) is 25.1. The predicted octanol–water partition coefficient (Wildman–Crippen LogP) is 3.58. The normalized spacial score (nSPS) is 37.1. The monoisotopic (exact) mass is 441 g/mol. The number of fused-ring (bicyclic) bond motifs is 1. The van der Waals surface area contributed by atoms with Crippen LogP contribution >= 0.6 is 31.9 Å². The number of aryl methyl sites for hydroxylation is 2. The minimum Gasteiger partial charge on any atom is -0.461 e. The number of anilines is 1. The van der Waals surface area contributed by atoms with Crippen LogP contribution < -0.4 is 5.32 Å². The molecule has 1 aromatic rings. The second kappa shape index (κ2) is 5.31. The molecule has 1 aliphatic heterocycles. The summed E-state index contributed by atoms with van der Waals surface area (Å²) in [6.07, 6.45) is 0.853. The summed E-state index contributed by atoms with van der Waals surface area (Å²) >= 11 is 7.17. The van der Waals surface area contributed by atoms with Crippen LogP contribution in [0.2, 0.25) is 0 Å². The van der Waals surface area contributed by atoms with Gasteiger partial charge in [0.05, 0.1) is 16.7 Å². The summed E-state index contributed by atoms with van der Waals surface area (Å²) in [7, 11) is 0. The summed E-state index contributed by atoms with van der Waals surface area (Å²) in [6, 6.07) is 3.90. The van der Waals surface area contributed by atoms with Crippen LogP contribution in [0.5, 0.6) is 0 Å². The maximum absolute atomic E-state index is 12.8. The molecule has 0 unspecified atom stereocenters. The molecule has 6 atom stereocenters. The molecule has 6 heteroatoms. The average Bonchev–Trinajstić information content (AvgIpc) is 3.08. The van der Waals surface area contributed by atoms with E-state index in [1.807, 2.05) is 26.0 Å². The van der Waals surface area contributed by atoms with E-state index in [0.29, 0.717) is 0 Å². The molecule has 23 heavy (non-hydrogen) atoms. The van der Waals surface area contributed by atoms with Crippen LogP contribution in [0.25, 0.3) is 0 Å². The zero-order valence-electron chi connectivity index (χ0n) is 12.8. The molecule has 2 bridgehead atoms. The molecule has 2 saturated carbocycles. The van der Waals surface area contributed by atoms with E-state index in [1.54, 1.807) is 0 Å². The molecule has 2 aliphatic carbocycles. The molecule has 122 valence electrons. The van der Waals surface area contributed by atoms with Gasteiger partial charge in [-0.3, -0.25) is 9.59 Å². The number of hydrogen-bond donors (Lipinski definition) is 1. The minimum absolute atomic E-state index is 0.0429. The standard InChI is InChI=1S/C17H17Br2NO3/c1-6-3-8(4-7(2)13(6)18)20-16(21)11-9-5-10-12(11)17(22)23-15(10)14(9)19/h3-4,9-12,14-15H,5H2,1-2H3,(H,20,21)/t9-,10-,11-,12+,14-,15+/m1/s1. The number of alkyl halides is 1. The van der Waals surface area contributed by atoms with Gasteiger partial charge >= 0.3 is 5.97 Å². The number of rotatable bonds is 2. The molecule has 1 N–H and O–H groups in total. The first-order valence-corrected chi connectivity index (χ1v) is 9.51. The molecule has 1 amide bonds. The van der Waals surface area contributed by atoms with Crippen molar-refractivity contribution in [1.82, 2.24) is 0 Å². The lowest BCUT2D eigenvalue weighted by Gasteiger charge is -2.27. The van der Waals surface area contributed by atoms with Gasteiger partial charge in [0.1, 0.15) is 6.10 Å². The third-order valence-corrected chi connectivity index (χ3v) is 7.98. The van der Waals surface area contributed by atoms with Crippen molar-refractivity contribution in [3.8, 4) is 0 Å². The third-order valence-electron chi connectivity index (χ3n) is 5.53. The maximum Gasteiger partial charge on any atom is 0.310 e. The molecule has 1 saturated heterocycles. The highest BCUT2D eigenvalue weighted by atomic mass is 79.9. The van der Waals surface area contributed by atoms with Crippen LogP contribution in [0.4, 0.5) is 5.69 Å². The minimum atomic E-state index is -0.292. The molecule has 1 heterocycles. The largest absolute Gasteiger partial charge is 0.461 e. The smallest absolute Gasteiger partial charge is 0.310 e. The molecule has 0 spiro atoms. The molecular formula is C17H17Br2NO3. The fourth-order valence-electron chi connectivity index (χ4n) is 4.57. The van der Waals surface area contributed by atoms with Crippen LogP contribution in [0, 0.1) is 37.5 Å². The van der Waals surface area contributed by atoms with Gasteiger partial charge in [0.15, 0.2) is 0 Å². The predicted molar refractivity (Wildman–Crippen MR) is 93.4 cm³/mol. The molecule has 3 aliphatic rings. The Morgan fingerprint density at radius 1 is 1.26 bits per heavy atom. The highest BCUT2D eigenvalue weighted by Gasteiger charge is 2.67. The van der Waals surface area contributed by atoms with E-state index < -0.39 is 0 Å². The van der Waals surface area contributed by atoms with E-state index in [4.69, 9.17) is 4.74 Å². The molecule has 4 rings (SSSR count). The zero-order chi connectivity index (χ0) is 16.5. The van der Waals surface area contributed by atoms with Gasteiger partial charge in [0.25, 0.3) is 0 Å². The van der Waals surface area contributed by atoms with Crippen molar-refractivity contribution in [2.45, 2.75) is 31.2 Å². The number of esters is 1. The molecule has 3 fully saturated rings. The topological polar surface area (TPSA) is 55.4 Å². The van der Waals surface area contributed by atoms with Gasteiger partial charge in [-0.1, -0.05) is 31.9 Å². The quantitative estimate of drug-likeness (QED) is 0.562. The summed E-state index contributed by atoms with van der Waals surface area (Å²) < 4.78 is 6.52. The van der Waals surface area contributed by atoms with Gasteiger partial charge in [-0.25, -0.2) is 0 Å². The van der Waals surface area contributed by atoms with Crippen LogP contribution in [0.15, 0.2) is 16.6 Å². The van der Waals surface area contributed by atoms with Crippen molar-refractivity contribution in [2.75, 3.05) is 5.32 Å². The molecular weight excluding hydrogens is 426 g/mol. The number of benzene rings is 1. The van der Waals surface area contributed by atoms with Gasteiger partial charge < -0.3 is 10.1 Å². The van der Waals surface area contributed by atoms with Crippen molar-refractivity contribution in [3.05, 3.63) is 27.7 Å². The Morgan fingerprint density at radius 3 is 2.57 bits per heavy atom. The van der Waals surface area contributed by atoms with Gasteiger partial charge in [-0.2, -0.15) is 0 Å². The molecule has 0 aromatic heterocycles. The summed E-state index contributed by atoms with van der Waals surface area (Å²) in [5.41, 5.74) is 2.93. The van der Waals surface area contributed by atoms with Crippen molar-refractivity contribution < 1.29 is 14.3 Å². The summed E-state index contributed by atoms with van der Waals surface area (Å²) in [6.45, 7) is 4.00. The highest BCUT2D eigenvalue weighted by molar-refractivity contribution is 9.10. The van der Waals surface area contributed by atoms with Gasteiger partial charge in [0.2, 0.25) is 5.91 Å². The fourth-order valence-corrected chi connectivity index (χ4v) is 5.85. The van der Waals surface area contributed by atoms with Crippen LogP contribution in [-0.4, -0.2) is 22.8 Å². The van der Waals surface area contributed by atoms with Crippen molar-refractivity contribution in [3.63, 3.8) is 0 Å². The Balaban J connectivity index is 1.60. The second-order valence-corrected chi connectivity index (χ2v) is 8.72. The Bertz CT molecular complexity index is 697. The fraction of sp³-hybridized carbons (Fsp3) is 0.529. The lowest BCUT2D eigenvalue weighted by molar-refractivity contribution is -0.145. The van der Waals surface area contributed by atoms with Crippen molar-refractivity contribution in [2.24, 2.45) is 23.7 Å². The number of carbonyl (C=O) groups excluding carboxylic acids is 2. The zero-order valence-corrected chi connectivity index (χ0v) is 16.0. The van der Waals surface area contributed by atoms with Crippen LogP contribution in [0.3, 0.4) is 0 Å². The lowest BCUT2D eigenvalue weighted by Crippen LogP contribution is -2.40. The Labute approximate surface area is 151 Å². The molecule has 0 radical (unpaired) electrons. The average molecular weight is 443 g/mol. The number of carbonyl (C=O) groups is 2. The lowest BCUT2D eigenvalue weighted by atomic mass is 9.79. The van der Waals surface area contributed by atoms with Gasteiger partial charge in [-0.05, 0) is 49.4 Å². The Kier molecular flexibility index (Phi) is 3.61. The van der Waals surface area contributed by atoms with E-state index in [1.165, 1.54) is 0 Å². The van der Waals surface area contributed by atoms with E-state index in [-0.39, 0.29) is 46.5 Å². The number of halogens is 2. The van der Waals surface area contributed by atoms with E-state index in [2.05, 4.69) is 37.2 Å². The first kappa shape index (κ1) is 15.6. The Hall–Kier alpha value is -0.880. The maximum atomic E-state index is 12.8. The van der Waals surface area contributed by atoms with Crippen molar-refractivity contribution >= 4 is 49.4 Å². The summed E-state index contributed by atoms with van der Waals surface area (Å²) in [5, 5.41) is 3.01. The number of amides is 1. The summed E-state index contributed by atoms with van der Waals surface area (Å²) in [5.74, 6) is -0.449. The first-order valence-electron chi connectivity index (χ1n) is 7.80. The van der Waals surface area contributed by atoms with Gasteiger partial charge in [-0.15, -0.1) is 0 Å². The van der Waals surface area contributed by atoms with Crippen LogP contribution in [0.1, 0.15) is 17.5 Å². The number of hydrogen-bond acceptors (Lipinski definition) is 3. The van der Waals surface area contributed by atoms with Crippen LogP contribution in [-0.2, 0) is 14.3 Å².